The van der Waals surface area contributed by atoms with Crippen LogP contribution in [0.2, 0.25) is 0 Å². The number of nitriles is 2. The highest BCUT2D eigenvalue weighted by molar-refractivity contribution is 8.23. The van der Waals surface area contributed by atoms with Gasteiger partial charge in [0.2, 0.25) is 0 Å². The van der Waals surface area contributed by atoms with Crippen LogP contribution in [0.4, 0.5) is 0 Å². The zero-order valence-electron chi connectivity index (χ0n) is 8.80. The topological polar surface area (TPSA) is 47.6 Å². The first-order valence-corrected chi connectivity index (χ1v) is 6.13. The molecule has 4 heteroatoms. The number of thiocarbonyl (C=S) groups is 1. The zero-order valence-corrected chi connectivity index (χ0v) is 10.4. The van der Waals surface area contributed by atoms with Crippen molar-refractivity contribution >= 4 is 28.2 Å². The minimum atomic E-state index is 0.00123. The SMILES string of the molecule is CC(C#N)CSC(=S)c1ccc(C#N)cc1. The van der Waals surface area contributed by atoms with Crippen LogP contribution in [0.1, 0.15) is 18.1 Å². The minimum absolute atomic E-state index is 0.00123. The summed E-state index contributed by atoms with van der Waals surface area (Å²) in [6.45, 7) is 1.87. The molecule has 0 saturated heterocycles. The normalized spacial score (nSPS) is 11.2. The molecule has 0 amide bonds. The van der Waals surface area contributed by atoms with Crippen LogP contribution in [0.3, 0.4) is 0 Å². The van der Waals surface area contributed by atoms with E-state index >= 15 is 0 Å². The monoisotopic (exact) mass is 246 g/mol. The third-order valence-corrected chi connectivity index (χ3v) is 3.69. The fourth-order valence-corrected chi connectivity index (χ4v) is 2.12. The molecule has 0 fully saturated rings. The van der Waals surface area contributed by atoms with Crippen molar-refractivity contribution in [2.75, 3.05) is 5.75 Å². The first-order chi connectivity index (χ1) is 7.67. The second-order valence-electron chi connectivity index (χ2n) is 3.32. The molecule has 1 aromatic carbocycles. The molecule has 0 bridgehead atoms. The molecule has 0 aliphatic rings. The number of hydrogen-bond donors (Lipinski definition) is 0. The zero-order chi connectivity index (χ0) is 12.0. The van der Waals surface area contributed by atoms with Crippen molar-refractivity contribution in [2.24, 2.45) is 5.92 Å². The molecule has 0 aliphatic heterocycles. The lowest BCUT2D eigenvalue weighted by Gasteiger charge is -2.04. The fraction of sp³-hybridized carbons (Fsp3) is 0.250. The van der Waals surface area contributed by atoms with E-state index in [2.05, 4.69) is 12.1 Å². The second kappa shape index (κ2) is 6.27. The molecule has 0 radical (unpaired) electrons. The Morgan fingerprint density at radius 1 is 1.38 bits per heavy atom. The molecule has 16 heavy (non-hydrogen) atoms. The maximum atomic E-state index is 8.65. The van der Waals surface area contributed by atoms with E-state index < -0.39 is 0 Å². The van der Waals surface area contributed by atoms with E-state index in [0.717, 1.165) is 9.76 Å². The molecule has 1 unspecified atom stereocenters. The Hall–Kier alpha value is -1.36. The maximum Gasteiger partial charge on any atom is 0.0991 e. The molecule has 0 saturated carbocycles. The second-order valence-corrected chi connectivity index (χ2v) is 5.01. The molecule has 0 spiro atoms. The Balaban J connectivity index is 2.61. The highest BCUT2D eigenvalue weighted by Crippen LogP contribution is 2.17. The van der Waals surface area contributed by atoms with Gasteiger partial charge >= 0.3 is 0 Å². The van der Waals surface area contributed by atoms with Crippen molar-refractivity contribution in [1.29, 1.82) is 10.5 Å². The van der Waals surface area contributed by atoms with Crippen molar-refractivity contribution in [1.82, 2.24) is 0 Å². The number of benzene rings is 1. The Morgan fingerprint density at radius 3 is 2.50 bits per heavy atom. The van der Waals surface area contributed by atoms with Crippen molar-refractivity contribution < 1.29 is 0 Å². The van der Waals surface area contributed by atoms with E-state index in [1.165, 1.54) is 11.8 Å². The van der Waals surface area contributed by atoms with Crippen molar-refractivity contribution in [2.45, 2.75) is 6.92 Å². The quantitative estimate of drug-likeness (QED) is 0.769. The maximum absolute atomic E-state index is 8.65. The van der Waals surface area contributed by atoms with Gasteiger partial charge in [-0.2, -0.15) is 10.5 Å². The third kappa shape index (κ3) is 3.66. The van der Waals surface area contributed by atoms with Gasteiger partial charge in [-0.25, -0.2) is 0 Å². The van der Waals surface area contributed by atoms with E-state index in [1.54, 1.807) is 12.1 Å². The number of hydrogen-bond acceptors (Lipinski definition) is 4. The molecule has 0 N–H and O–H groups in total. The lowest BCUT2D eigenvalue weighted by atomic mass is 10.2. The summed E-state index contributed by atoms with van der Waals surface area (Å²) < 4.78 is 0.770. The van der Waals surface area contributed by atoms with E-state index in [0.29, 0.717) is 11.3 Å². The Kier molecular flexibility index (Phi) is 4.98. The predicted molar refractivity (Wildman–Crippen MR) is 70.1 cm³/mol. The van der Waals surface area contributed by atoms with Gasteiger partial charge < -0.3 is 0 Å². The van der Waals surface area contributed by atoms with Crippen LogP contribution in [0.25, 0.3) is 0 Å². The van der Waals surface area contributed by atoms with Crippen LogP contribution in [0.15, 0.2) is 24.3 Å². The Bertz CT molecular complexity index is 451. The summed E-state index contributed by atoms with van der Waals surface area (Å²) in [5.41, 5.74) is 1.56. The van der Waals surface area contributed by atoms with Gasteiger partial charge in [0.15, 0.2) is 0 Å². The lowest BCUT2D eigenvalue weighted by molar-refractivity contribution is 0.866. The van der Waals surface area contributed by atoms with Crippen LogP contribution in [0, 0.1) is 28.6 Å². The van der Waals surface area contributed by atoms with Crippen LogP contribution in [0.5, 0.6) is 0 Å². The standard InChI is InChI=1S/C12H10N2S2/c1-9(6-13)8-16-12(15)11-4-2-10(7-14)3-5-11/h2-5,9H,8H2,1H3. The summed E-state index contributed by atoms with van der Waals surface area (Å²) in [5, 5.41) is 17.3. The van der Waals surface area contributed by atoms with Gasteiger partial charge in [-0.05, 0) is 24.6 Å². The number of thioether (sulfide) groups is 1. The van der Waals surface area contributed by atoms with Gasteiger partial charge in [0.05, 0.1) is 27.8 Å². The highest BCUT2D eigenvalue weighted by atomic mass is 32.2. The number of rotatable bonds is 3. The molecule has 1 rings (SSSR count). The van der Waals surface area contributed by atoms with Gasteiger partial charge in [-0.1, -0.05) is 24.4 Å². The first kappa shape index (κ1) is 12.7. The number of nitrogens with zero attached hydrogens (tertiary/aromatic N) is 2. The summed E-state index contributed by atoms with van der Waals surface area (Å²) in [6, 6.07) is 11.4. The van der Waals surface area contributed by atoms with Gasteiger partial charge in [0.1, 0.15) is 0 Å². The molecular formula is C12H10N2S2. The fourth-order valence-electron chi connectivity index (χ4n) is 1.00. The Labute approximate surface area is 105 Å². The van der Waals surface area contributed by atoms with E-state index in [1.807, 2.05) is 19.1 Å². The van der Waals surface area contributed by atoms with Crippen LogP contribution in [-0.2, 0) is 0 Å². The summed E-state index contributed by atoms with van der Waals surface area (Å²) in [7, 11) is 0. The van der Waals surface area contributed by atoms with Gasteiger partial charge in [0, 0.05) is 5.75 Å². The summed E-state index contributed by atoms with van der Waals surface area (Å²) in [6.07, 6.45) is 0. The van der Waals surface area contributed by atoms with Crippen molar-refractivity contribution in [3.63, 3.8) is 0 Å². The average molecular weight is 246 g/mol. The van der Waals surface area contributed by atoms with Crippen LogP contribution < -0.4 is 0 Å². The van der Waals surface area contributed by atoms with Gasteiger partial charge in [-0.3, -0.25) is 0 Å². The molecule has 80 valence electrons. The molecule has 0 heterocycles. The Morgan fingerprint density at radius 2 is 2.00 bits per heavy atom. The molecule has 1 atom stereocenters. The van der Waals surface area contributed by atoms with Crippen LogP contribution >= 0.6 is 24.0 Å². The predicted octanol–water partition coefficient (Wildman–Crippen LogP) is 3.13. The molecule has 2 nitrogen and oxygen atoms in total. The molecule has 0 aromatic heterocycles. The molecule has 1 aromatic rings. The van der Waals surface area contributed by atoms with Gasteiger partial charge in [0.25, 0.3) is 0 Å². The lowest BCUT2D eigenvalue weighted by Crippen LogP contribution is -1.99. The summed E-state index contributed by atoms with van der Waals surface area (Å²) >= 11 is 6.74. The first-order valence-electron chi connectivity index (χ1n) is 4.74. The van der Waals surface area contributed by atoms with Crippen molar-refractivity contribution in [3.8, 4) is 12.1 Å². The summed E-state index contributed by atoms with van der Waals surface area (Å²) in [4.78, 5) is 0. The average Bonchev–Trinajstić information content (AvgIpc) is 2.35. The van der Waals surface area contributed by atoms with E-state index in [4.69, 9.17) is 22.7 Å². The van der Waals surface area contributed by atoms with E-state index in [9.17, 15) is 0 Å². The third-order valence-electron chi connectivity index (χ3n) is 1.93. The smallest absolute Gasteiger partial charge is 0.0991 e. The van der Waals surface area contributed by atoms with Gasteiger partial charge in [-0.15, -0.1) is 11.8 Å². The van der Waals surface area contributed by atoms with Crippen LogP contribution in [-0.4, -0.2) is 9.95 Å². The van der Waals surface area contributed by atoms with E-state index in [-0.39, 0.29) is 5.92 Å². The molecule has 0 aliphatic carbocycles. The largest absolute Gasteiger partial charge is 0.198 e. The van der Waals surface area contributed by atoms with Crippen molar-refractivity contribution in [3.05, 3.63) is 35.4 Å². The summed E-state index contributed by atoms with van der Waals surface area (Å²) in [5.74, 6) is 0.705. The minimum Gasteiger partial charge on any atom is -0.198 e. The highest BCUT2D eigenvalue weighted by Gasteiger charge is 2.05. The molecular weight excluding hydrogens is 236 g/mol.